The van der Waals surface area contributed by atoms with Crippen LogP contribution in [0.15, 0.2) is 30.3 Å². The Morgan fingerprint density at radius 2 is 1.95 bits per heavy atom. The van der Waals surface area contributed by atoms with Gasteiger partial charge in [0.1, 0.15) is 0 Å². The maximum absolute atomic E-state index is 4.41. The Labute approximate surface area is 132 Å². The SMILES string of the molecule is CCCNC1(c2nnnn2-c2ccccc2)CCC(C)CC1. The standard InChI is InChI=1S/C17H25N5/c1-3-13-18-17(11-9-14(2)10-12-17)16-19-20-21-22(16)15-7-5-4-6-8-15/h4-8,14,18H,3,9-13H2,1-2H3. The highest BCUT2D eigenvalue weighted by molar-refractivity contribution is 5.32. The number of tetrazole rings is 1. The molecule has 0 amide bonds. The van der Waals surface area contributed by atoms with Crippen LogP contribution in [0.2, 0.25) is 0 Å². The number of aromatic nitrogens is 4. The van der Waals surface area contributed by atoms with Gasteiger partial charge in [0.2, 0.25) is 0 Å². The average Bonchev–Trinajstić information content (AvgIpc) is 3.06. The van der Waals surface area contributed by atoms with Crippen LogP contribution in [0.1, 0.15) is 51.8 Å². The summed E-state index contributed by atoms with van der Waals surface area (Å²) in [7, 11) is 0. The topological polar surface area (TPSA) is 55.6 Å². The lowest BCUT2D eigenvalue weighted by molar-refractivity contribution is 0.183. The van der Waals surface area contributed by atoms with Crippen molar-refractivity contribution in [3.05, 3.63) is 36.2 Å². The number of nitrogens with one attached hydrogen (secondary N) is 1. The van der Waals surface area contributed by atoms with Gasteiger partial charge in [-0.25, -0.2) is 0 Å². The molecule has 1 saturated carbocycles. The van der Waals surface area contributed by atoms with Crippen molar-refractivity contribution in [3.63, 3.8) is 0 Å². The van der Waals surface area contributed by atoms with Crippen molar-refractivity contribution in [3.8, 4) is 5.69 Å². The lowest BCUT2D eigenvalue weighted by atomic mass is 9.76. The van der Waals surface area contributed by atoms with E-state index in [0.717, 1.165) is 43.2 Å². The van der Waals surface area contributed by atoms with Crippen LogP contribution in [0.4, 0.5) is 0 Å². The molecule has 0 bridgehead atoms. The number of rotatable bonds is 5. The molecule has 3 rings (SSSR count). The van der Waals surface area contributed by atoms with E-state index >= 15 is 0 Å². The van der Waals surface area contributed by atoms with Gasteiger partial charge in [0.25, 0.3) is 0 Å². The molecule has 5 heteroatoms. The molecule has 1 aliphatic carbocycles. The summed E-state index contributed by atoms with van der Waals surface area (Å²) in [5.74, 6) is 1.75. The zero-order valence-corrected chi connectivity index (χ0v) is 13.5. The van der Waals surface area contributed by atoms with Crippen LogP contribution in [0.3, 0.4) is 0 Å². The fourth-order valence-corrected chi connectivity index (χ4v) is 3.33. The molecular formula is C17H25N5. The van der Waals surface area contributed by atoms with Crippen molar-refractivity contribution < 1.29 is 0 Å². The van der Waals surface area contributed by atoms with Crippen molar-refractivity contribution in [1.82, 2.24) is 25.5 Å². The van der Waals surface area contributed by atoms with E-state index in [0.29, 0.717) is 0 Å². The van der Waals surface area contributed by atoms with Crippen molar-refractivity contribution in [2.24, 2.45) is 5.92 Å². The molecule has 0 spiro atoms. The molecule has 2 aromatic rings. The highest BCUT2D eigenvalue weighted by atomic mass is 15.6. The van der Waals surface area contributed by atoms with Crippen LogP contribution in [0.5, 0.6) is 0 Å². The normalized spacial score (nSPS) is 25.3. The molecule has 5 nitrogen and oxygen atoms in total. The zero-order chi connectivity index (χ0) is 15.4. The van der Waals surface area contributed by atoms with E-state index in [4.69, 9.17) is 0 Å². The summed E-state index contributed by atoms with van der Waals surface area (Å²) in [5, 5.41) is 16.4. The molecule has 0 saturated heterocycles. The summed E-state index contributed by atoms with van der Waals surface area (Å²) >= 11 is 0. The second kappa shape index (κ2) is 6.57. The third kappa shape index (κ3) is 2.90. The van der Waals surface area contributed by atoms with Crippen LogP contribution in [0.25, 0.3) is 5.69 Å². The third-order valence-corrected chi connectivity index (χ3v) is 4.74. The van der Waals surface area contributed by atoms with Gasteiger partial charge in [-0.2, -0.15) is 4.68 Å². The maximum atomic E-state index is 4.41. The molecule has 1 N–H and O–H groups in total. The fraction of sp³-hybridized carbons (Fsp3) is 0.588. The van der Waals surface area contributed by atoms with Gasteiger partial charge in [-0.3, -0.25) is 0 Å². The lowest BCUT2D eigenvalue weighted by Crippen LogP contribution is -2.47. The number of hydrogen-bond donors (Lipinski definition) is 1. The maximum Gasteiger partial charge on any atom is 0.176 e. The van der Waals surface area contributed by atoms with Gasteiger partial charge < -0.3 is 5.32 Å². The van der Waals surface area contributed by atoms with Gasteiger partial charge in [0.15, 0.2) is 5.82 Å². The third-order valence-electron chi connectivity index (χ3n) is 4.74. The predicted molar refractivity (Wildman–Crippen MR) is 86.8 cm³/mol. The molecule has 22 heavy (non-hydrogen) atoms. The minimum absolute atomic E-state index is 0.0954. The van der Waals surface area contributed by atoms with E-state index in [9.17, 15) is 0 Å². The Balaban J connectivity index is 1.97. The number of hydrogen-bond acceptors (Lipinski definition) is 4. The first-order chi connectivity index (χ1) is 10.7. The van der Waals surface area contributed by atoms with Crippen molar-refractivity contribution >= 4 is 0 Å². The lowest BCUT2D eigenvalue weighted by Gasteiger charge is -2.39. The van der Waals surface area contributed by atoms with Crippen molar-refractivity contribution in [2.45, 2.75) is 51.5 Å². The van der Waals surface area contributed by atoms with Crippen LogP contribution >= 0.6 is 0 Å². The minimum atomic E-state index is -0.0954. The molecule has 0 aliphatic heterocycles. The van der Waals surface area contributed by atoms with E-state index in [1.54, 1.807) is 0 Å². The van der Waals surface area contributed by atoms with Gasteiger partial charge in [-0.15, -0.1) is 5.10 Å². The molecule has 1 aliphatic rings. The molecule has 118 valence electrons. The first kappa shape index (κ1) is 15.2. The fourth-order valence-electron chi connectivity index (χ4n) is 3.33. The van der Waals surface area contributed by atoms with Gasteiger partial charge in [0, 0.05) is 0 Å². The second-order valence-corrected chi connectivity index (χ2v) is 6.44. The Bertz CT molecular complexity index is 579. The summed E-state index contributed by atoms with van der Waals surface area (Å²) in [6.07, 6.45) is 5.75. The van der Waals surface area contributed by atoms with E-state index in [1.807, 2.05) is 22.9 Å². The zero-order valence-electron chi connectivity index (χ0n) is 13.5. The average molecular weight is 299 g/mol. The number of nitrogens with zero attached hydrogens (tertiary/aromatic N) is 4. The van der Waals surface area contributed by atoms with E-state index < -0.39 is 0 Å². The Hall–Kier alpha value is -1.75. The summed E-state index contributed by atoms with van der Waals surface area (Å²) in [6.45, 7) is 5.53. The summed E-state index contributed by atoms with van der Waals surface area (Å²) in [4.78, 5) is 0. The van der Waals surface area contributed by atoms with Crippen molar-refractivity contribution in [1.29, 1.82) is 0 Å². The molecular weight excluding hydrogens is 274 g/mol. The molecule has 1 aromatic carbocycles. The number of para-hydroxylation sites is 1. The van der Waals surface area contributed by atoms with Crippen LogP contribution < -0.4 is 5.32 Å². The quantitative estimate of drug-likeness (QED) is 0.922. The summed E-state index contributed by atoms with van der Waals surface area (Å²) in [5.41, 5.74) is 0.931. The highest BCUT2D eigenvalue weighted by Crippen LogP contribution is 2.38. The molecule has 0 atom stereocenters. The monoisotopic (exact) mass is 299 g/mol. The first-order valence-corrected chi connectivity index (χ1v) is 8.34. The van der Waals surface area contributed by atoms with Gasteiger partial charge in [-0.1, -0.05) is 32.0 Å². The molecule has 0 unspecified atom stereocenters. The van der Waals surface area contributed by atoms with E-state index in [-0.39, 0.29) is 5.54 Å². The second-order valence-electron chi connectivity index (χ2n) is 6.44. The Kier molecular flexibility index (Phi) is 4.52. The largest absolute Gasteiger partial charge is 0.305 e. The highest BCUT2D eigenvalue weighted by Gasteiger charge is 2.40. The van der Waals surface area contributed by atoms with E-state index in [1.165, 1.54) is 12.8 Å². The molecule has 1 aromatic heterocycles. The van der Waals surface area contributed by atoms with Crippen molar-refractivity contribution in [2.75, 3.05) is 6.54 Å². The van der Waals surface area contributed by atoms with Gasteiger partial charge in [0.05, 0.1) is 11.2 Å². The van der Waals surface area contributed by atoms with Crippen LogP contribution in [-0.4, -0.2) is 26.8 Å². The van der Waals surface area contributed by atoms with Crippen LogP contribution in [-0.2, 0) is 5.54 Å². The summed E-state index contributed by atoms with van der Waals surface area (Å²) < 4.78 is 1.90. The van der Waals surface area contributed by atoms with Crippen LogP contribution in [0, 0.1) is 5.92 Å². The summed E-state index contributed by atoms with van der Waals surface area (Å²) in [6, 6.07) is 10.2. The van der Waals surface area contributed by atoms with E-state index in [2.05, 4.69) is 46.8 Å². The number of benzene rings is 1. The van der Waals surface area contributed by atoms with Gasteiger partial charge >= 0.3 is 0 Å². The molecule has 0 radical (unpaired) electrons. The smallest absolute Gasteiger partial charge is 0.176 e. The first-order valence-electron chi connectivity index (χ1n) is 8.34. The van der Waals surface area contributed by atoms with Gasteiger partial charge in [-0.05, 0) is 67.1 Å². The molecule has 1 heterocycles. The Morgan fingerprint density at radius 1 is 1.23 bits per heavy atom. The predicted octanol–water partition coefficient (Wildman–Crippen LogP) is 3.07. The minimum Gasteiger partial charge on any atom is -0.305 e. The molecule has 1 fully saturated rings. The Morgan fingerprint density at radius 3 is 2.64 bits per heavy atom.